The minimum absolute atomic E-state index is 0.620. The topological polar surface area (TPSA) is 0 Å². The van der Waals surface area contributed by atoms with E-state index in [1.165, 1.54) is 4.24 Å². The van der Waals surface area contributed by atoms with Gasteiger partial charge in [-0.05, 0) is 49.1 Å². The quantitative estimate of drug-likeness (QED) is 0.562. The second kappa shape index (κ2) is 3.84. The molecule has 0 amide bonds. The Kier molecular flexibility index (Phi) is 3.17. The molecule has 2 heterocycles. The first-order chi connectivity index (χ1) is 5.70. The summed E-state index contributed by atoms with van der Waals surface area (Å²) in [5.41, 5.74) is 0. The molecule has 0 saturated heterocycles. The third-order valence-electron chi connectivity index (χ3n) is 1.42. The molecule has 0 spiro atoms. The Morgan fingerprint density at radius 1 is 1.17 bits per heavy atom. The lowest BCUT2D eigenvalue weighted by molar-refractivity contribution is 2.28. The molecule has 12 heavy (non-hydrogen) atoms. The van der Waals surface area contributed by atoms with Crippen LogP contribution < -0.4 is 0 Å². The van der Waals surface area contributed by atoms with Crippen molar-refractivity contribution < 1.29 is 0 Å². The molecule has 66 valence electrons. The summed E-state index contributed by atoms with van der Waals surface area (Å²) < 4.78 is 3.06. The molecule has 2 rings (SSSR count). The third kappa shape index (κ3) is 1.89. The van der Waals surface area contributed by atoms with E-state index in [1.54, 1.807) is 4.24 Å². The Balaban J connectivity index is 2.30. The average Bonchev–Trinajstić information content (AvgIpc) is 2.55. The van der Waals surface area contributed by atoms with E-state index in [4.69, 9.17) is 0 Å². The number of thioether (sulfide) groups is 3. The fraction of sp³-hybridized carbons (Fsp3) is 0.143. The molecule has 0 bridgehead atoms. The van der Waals surface area contributed by atoms with Crippen LogP contribution in [0.1, 0.15) is 0 Å². The largest absolute Gasteiger partial charge is 0.134 e. The molecular formula is C7H7IS4. The van der Waals surface area contributed by atoms with Gasteiger partial charge in [-0.3, -0.25) is 0 Å². The van der Waals surface area contributed by atoms with Gasteiger partial charge in [0.2, 0.25) is 0 Å². The van der Waals surface area contributed by atoms with Crippen molar-refractivity contribution in [3.8, 4) is 0 Å². The zero-order chi connectivity index (χ0) is 8.60. The minimum atomic E-state index is -0.620. The Morgan fingerprint density at radius 3 is 2.33 bits per heavy atom. The van der Waals surface area contributed by atoms with E-state index in [0.717, 1.165) is 0 Å². The molecule has 0 saturated carbocycles. The maximum absolute atomic E-state index is 2.58. The summed E-state index contributed by atoms with van der Waals surface area (Å²) in [6.45, 7) is 0. The van der Waals surface area contributed by atoms with E-state index in [2.05, 4.69) is 49.1 Å². The zero-order valence-corrected chi connectivity index (χ0v) is 11.7. The highest BCUT2D eigenvalue weighted by Crippen LogP contribution is 2.72. The zero-order valence-electron chi connectivity index (χ0n) is 6.32. The van der Waals surface area contributed by atoms with Gasteiger partial charge in [0.25, 0.3) is 0 Å². The molecule has 0 N–H and O–H groups in total. The van der Waals surface area contributed by atoms with Crippen LogP contribution in [0.3, 0.4) is 0 Å². The van der Waals surface area contributed by atoms with E-state index in [0.29, 0.717) is 0 Å². The number of halogens is 1. The summed E-state index contributed by atoms with van der Waals surface area (Å²) in [5.74, 6) is 0. The van der Waals surface area contributed by atoms with Crippen LogP contribution in [0.5, 0.6) is 0 Å². The highest BCUT2D eigenvalue weighted by Gasteiger charge is 2.26. The van der Waals surface area contributed by atoms with Gasteiger partial charge < -0.3 is 0 Å². The molecule has 0 aromatic heterocycles. The smallest absolute Gasteiger partial charge is 0.0685 e. The fourth-order valence-corrected chi connectivity index (χ4v) is 10.6. The van der Waals surface area contributed by atoms with Crippen molar-refractivity contribution in [2.75, 3.05) is 6.26 Å². The predicted octanol–water partition coefficient (Wildman–Crippen LogP) is 5.07. The third-order valence-corrected chi connectivity index (χ3v) is 10.9. The molecule has 0 aliphatic carbocycles. The van der Waals surface area contributed by atoms with E-state index in [9.17, 15) is 0 Å². The molecule has 5 heteroatoms. The minimum Gasteiger partial charge on any atom is -0.134 e. The van der Waals surface area contributed by atoms with Crippen molar-refractivity contribution in [3.63, 3.8) is 0 Å². The molecule has 0 aromatic carbocycles. The lowest BCUT2D eigenvalue weighted by Crippen LogP contribution is -1.80. The van der Waals surface area contributed by atoms with E-state index < -0.39 is 7.20 Å². The van der Waals surface area contributed by atoms with Gasteiger partial charge in [0.15, 0.2) is 0 Å². The van der Waals surface area contributed by atoms with Gasteiger partial charge in [-0.15, -0.1) is 7.20 Å². The number of rotatable bonds is 0. The Morgan fingerprint density at radius 2 is 1.83 bits per heavy atom. The van der Waals surface area contributed by atoms with E-state index in [-0.39, 0.29) is 0 Å². The highest BCUT2D eigenvalue weighted by atomic mass is 127. The van der Waals surface area contributed by atoms with Crippen LogP contribution in [-0.4, -0.2) is 6.26 Å². The molecule has 0 radical (unpaired) electrons. The molecule has 0 fully saturated rings. The van der Waals surface area contributed by atoms with Crippen LogP contribution in [0, 0.1) is 0 Å². The molecule has 2 aliphatic heterocycles. The first-order valence-electron chi connectivity index (χ1n) is 3.24. The van der Waals surface area contributed by atoms with Crippen molar-refractivity contribution in [1.29, 1.82) is 0 Å². The van der Waals surface area contributed by atoms with Gasteiger partial charge in [0.05, 0.1) is 8.47 Å². The molecule has 1 atom stereocenters. The summed E-state index contributed by atoms with van der Waals surface area (Å²) in [6, 6.07) is 0. The van der Waals surface area contributed by atoms with Gasteiger partial charge >= 0.3 is 0 Å². The lowest BCUT2D eigenvalue weighted by atomic mass is 11.2. The summed E-state index contributed by atoms with van der Waals surface area (Å²) >= 11 is 8.19. The van der Waals surface area contributed by atoms with Crippen LogP contribution in [0.15, 0.2) is 30.1 Å². The van der Waals surface area contributed by atoms with Crippen LogP contribution in [0.25, 0.3) is 0 Å². The van der Waals surface area contributed by atoms with Crippen LogP contribution in [0.2, 0.25) is 0 Å². The SMILES string of the molecule is CS1(I)C=CSC1=C1SC=CS1. The fourth-order valence-electron chi connectivity index (χ4n) is 0.864. The average molecular weight is 346 g/mol. The second-order valence-electron chi connectivity index (χ2n) is 2.35. The maximum Gasteiger partial charge on any atom is 0.0685 e. The molecule has 0 aromatic rings. The molecular weight excluding hydrogens is 339 g/mol. The van der Waals surface area contributed by atoms with Crippen LogP contribution in [0.4, 0.5) is 0 Å². The molecule has 2 aliphatic rings. The van der Waals surface area contributed by atoms with Crippen molar-refractivity contribution >= 4 is 63.7 Å². The van der Waals surface area contributed by atoms with Gasteiger partial charge in [-0.1, -0.05) is 35.3 Å². The lowest BCUT2D eigenvalue weighted by Gasteiger charge is -2.22. The Labute approximate surface area is 99.0 Å². The predicted molar refractivity (Wildman–Crippen MR) is 75.6 cm³/mol. The molecule has 1 unspecified atom stereocenters. The number of hydrogen-bond donors (Lipinski definition) is 0. The molecule has 0 nitrogen and oxygen atoms in total. The first-order valence-corrected chi connectivity index (χ1v) is 10.5. The summed E-state index contributed by atoms with van der Waals surface area (Å²) in [6.07, 6.45) is 2.34. The summed E-state index contributed by atoms with van der Waals surface area (Å²) in [4.78, 5) is 0. The van der Waals surface area contributed by atoms with Gasteiger partial charge in [-0.25, -0.2) is 0 Å². The van der Waals surface area contributed by atoms with Crippen LogP contribution in [-0.2, 0) is 0 Å². The summed E-state index contributed by atoms with van der Waals surface area (Å²) in [5, 5.41) is 8.90. The first kappa shape index (κ1) is 9.89. The Bertz CT molecular complexity index is 280. The van der Waals surface area contributed by atoms with Crippen molar-refractivity contribution in [2.45, 2.75) is 0 Å². The number of hydrogen-bond acceptors (Lipinski definition) is 3. The Hall–Kier alpha value is 1.35. The van der Waals surface area contributed by atoms with Gasteiger partial charge in [0, 0.05) is 0 Å². The van der Waals surface area contributed by atoms with Gasteiger partial charge in [-0.2, -0.15) is 0 Å². The van der Waals surface area contributed by atoms with Gasteiger partial charge in [0.1, 0.15) is 0 Å². The maximum atomic E-state index is 2.58. The second-order valence-corrected chi connectivity index (χ2v) is 13.5. The van der Waals surface area contributed by atoms with Crippen molar-refractivity contribution in [1.82, 2.24) is 0 Å². The summed E-state index contributed by atoms with van der Waals surface area (Å²) in [7, 11) is -0.620. The van der Waals surface area contributed by atoms with Crippen LogP contribution >= 0.6 is 63.7 Å². The monoisotopic (exact) mass is 346 g/mol. The van der Waals surface area contributed by atoms with Crippen molar-refractivity contribution in [2.24, 2.45) is 0 Å². The van der Waals surface area contributed by atoms with E-state index >= 15 is 0 Å². The van der Waals surface area contributed by atoms with E-state index in [1.807, 2.05) is 35.3 Å². The van der Waals surface area contributed by atoms with Crippen molar-refractivity contribution in [3.05, 3.63) is 30.1 Å². The highest BCUT2D eigenvalue weighted by molar-refractivity contribution is 14.2. The standard InChI is InChI=1S/C7H7IS4/c1-12(8)5-4-11-7(12)6-9-2-3-10-6/h2-5H,1H3. The normalized spacial score (nSPS) is 39.2.